The number of rotatable bonds is 5. The second-order valence-corrected chi connectivity index (χ2v) is 5.63. The third kappa shape index (κ3) is 3.06. The monoisotopic (exact) mass is 295 g/mol. The standard InChI is InChI=1S/C13H13NO5S/c1-18-13(15)11-6-2-3-7-12(11)20(16,17)14-9-10-5-4-8-19-10/h2-8,14H,9H2,1H3. The molecule has 0 aliphatic carbocycles. The van der Waals surface area contributed by atoms with Crippen LogP contribution in [-0.2, 0) is 21.3 Å². The summed E-state index contributed by atoms with van der Waals surface area (Å²) in [6.07, 6.45) is 1.45. The summed E-state index contributed by atoms with van der Waals surface area (Å²) in [4.78, 5) is 11.5. The van der Waals surface area contributed by atoms with Crippen molar-refractivity contribution in [2.45, 2.75) is 11.4 Å². The zero-order valence-corrected chi connectivity index (χ0v) is 11.5. The molecule has 2 aromatic rings. The fourth-order valence-corrected chi connectivity index (χ4v) is 2.82. The van der Waals surface area contributed by atoms with Crippen LogP contribution in [-0.4, -0.2) is 21.5 Å². The molecule has 106 valence electrons. The Hall–Kier alpha value is -2.12. The minimum atomic E-state index is -3.83. The van der Waals surface area contributed by atoms with E-state index >= 15 is 0 Å². The van der Waals surface area contributed by atoms with E-state index < -0.39 is 16.0 Å². The van der Waals surface area contributed by atoms with Crippen LogP contribution in [0.5, 0.6) is 0 Å². The fourth-order valence-electron chi connectivity index (χ4n) is 1.64. The number of sulfonamides is 1. The van der Waals surface area contributed by atoms with E-state index in [2.05, 4.69) is 9.46 Å². The molecule has 0 amide bonds. The quantitative estimate of drug-likeness (QED) is 0.846. The van der Waals surface area contributed by atoms with Crippen LogP contribution in [0, 0.1) is 0 Å². The third-order valence-corrected chi connectivity index (χ3v) is 4.06. The molecule has 1 N–H and O–H groups in total. The van der Waals surface area contributed by atoms with E-state index in [4.69, 9.17) is 4.42 Å². The van der Waals surface area contributed by atoms with Gasteiger partial charge in [-0.25, -0.2) is 17.9 Å². The number of benzene rings is 1. The van der Waals surface area contributed by atoms with Crippen LogP contribution in [0.2, 0.25) is 0 Å². The van der Waals surface area contributed by atoms with Gasteiger partial charge in [-0.3, -0.25) is 0 Å². The first kappa shape index (κ1) is 14.3. The van der Waals surface area contributed by atoms with Gasteiger partial charge >= 0.3 is 5.97 Å². The van der Waals surface area contributed by atoms with E-state index in [1.807, 2.05) is 0 Å². The van der Waals surface area contributed by atoms with Crippen molar-refractivity contribution in [2.24, 2.45) is 0 Å². The first-order valence-electron chi connectivity index (χ1n) is 5.74. The summed E-state index contributed by atoms with van der Waals surface area (Å²) in [7, 11) is -2.64. The summed E-state index contributed by atoms with van der Waals surface area (Å²) in [5.74, 6) is -0.229. The van der Waals surface area contributed by atoms with Crippen molar-refractivity contribution in [1.29, 1.82) is 0 Å². The Labute approximate surface area is 116 Å². The van der Waals surface area contributed by atoms with Gasteiger partial charge in [0.1, 0.15) is 5.76 Å². The number of nitrogens with one attached hydrogen (secondary N) is 1. The number of carbonyl (C=O) groups excluding carboxylic acids is 1. The highest BCUT2D eigenvalue weighted by Crippen LogP contribution is 2.16. The normalized spacial score (nSPS) is 11.2. The number of carbonyl (C=O) groups is 1. The lowest BCUT2D eigenvalue weighted by Gasteiger charge is -2.09. The summed E-state index contributed by atoms with van der Waals surface area (Å²) in [5.41, 5.74) is -0.0121. The molecule has 1 aromatic carbocycles. The van der Waals surface area contributed by atoms with Gasteiger partial charge < -0.3 is 9.15 Å². The maximum Gasteiger partial charge on any atom is 0.339 e. The lowest BCUT2D eigenvalue weighted by Crippen LogP contribution is -2.25. The molecule has 1 heterocycles. The van der Waals surface area contributed by atoms with Gasteiger partial charge in [-0.1, -0.05) is 12.1 Å². The maximum atomic E-state index is 12.2. The Bertz CT molecular complexity index is 691. The fraction of sp³-hybridized carbons (Fsp3) is 0.154. The summed E-state index contributed by atoms with van der Waals surface area (Å²) >= 11 is 0. The highest BCUT2D eigenvalue weighted by molar-refractivity contribution is 7.89. The molecule has 7 heteroatoms. The minimum Gasteiger partial charge on any atom is -0.468 e. The molecular weight excluding hydrogens is 282 g/mol. The Balaban J connectivity index is 2.27. The molecule has 0 saturated carbocycles. The Kier molecular flexibility index (Phi) is 4.21. The van der Waals surface area contributed by atoms with Crippen LogP contribution in [0.1, 0.15) is 16.1 Å². The van der Waals surface area contributed by atoms with Crippen LogP contribution < -0.4 is 4.72 Å². The van der Waals surface area contributed by atoms with Crippen LogP contribution >= 0.6 is 0 Å². The van der Waals surface area contributed by atoms with E-state index in [-0.39, 0.29) is 17.0 Å². The topological polar surface area (TPSA) is 85.6 Å². The smallest absolute Gasteiger partial charge is 0.339 e. The predicted octanol–water partition coefficient (Wildman–Crippen LogP) is 1.54. The van der Waals surface area contributed by atoms with Crippen LogP contribution in [0.3, 0.4) is 0 Å². The van der Waals surface area contributed by atoms with Crippen molar-refractivity contribution in [3.8, 4) is 0 Å². The van der Waals surface area contributed by atoms with Gasteiger partial charge in [-0.05, 0) is 24.3 Å². The highest BCUT2D eigenvalue weighted by atomic mass is 32.2. The molecule has 0 saturated heterocycles. The number of hydrogen-bond acceptors (Lipinski definition) is 5. The van der Waals surface area contributed by atoms with E-state index in [1.54, 1.807) is 18.2 Å². The van der Waals surface area contributed by atoms with Gasteiger partial charge in [0, 0.05) is 0 Å². The van der Waals surface area contributed by atoms with Gasteiger partial charge in [0.2, 0.25) is 10.0 Å². The number of methoxy groups -OCH3 is 1. The molecule has 0 aliphatic heterocycles. The van der Waals surface area contributed by atoms with Crippen LogP contribution in [0.15, 0.2) is 52.0 Å². The Morgan fingerprint density at radius 2 is 2.00 bits per heavy atom. The molecule has 0 bridgehead atoms. The summed E-state index contributed by atoms with van der Waals surface area (Å²) < 4.78 is 36.4. The molecule has 2 rings (SSSR count). The number of hydrogen-bond donors (Lipinski definition) is 1. The van der Waals surface area contributed by atoms with Crippen molar-refractivity contribution >= 4 is 16.0 Å². The predicted molar refractivity (Wildman–Crippen MR) is 70.5 cm³/mol. The molecule has 0 aliphatic rings. The summed E-state index contributed by atoms with van der Waals surface area (Å²) in [6.45, 7) is 0.00480. The van der Waals surface area contributed by atoms with Crippen LogP contribution in [0.25, 0.3) is 0 Å². The largest absolute Gasteiger partial charge is 0.468 e. The molecule has 0 spiro atoms. The van der Waals surface area contributed by atoms with Gasteiger partial charge in [-0.15, -0.1) is 0 Å². The maximum absolute atomic E-state index is 12.2. The highest BCUT2D eigenvalue weighted by Gasteiger charge is 2.22. The van der Waals surface area contributed by atoms with Crippen molar-refractivity contribution in [3.05, 3.63) is 54.0 Å². The first-order valence-corrected chi connectivity index (χ1v) is 7.22. The van der Waals surface area contributed by atoms with Crippen molar-refractivity contribution in [1.82, 2.24) is 4.72 Å². The van der Waals surface area contributed by atoms with Crippen molar-refractivity contribution < 1.29 is 22.4 Å². The lowest BCUT2D eigenvalue weighted by molar-refractivity contribution is 0.0596. The second-order valence-electron chi connectivity index (χ2n) is 3.89. The molecule has 0 fully saturated rings. The average Bonchev–Trinajstić information content (AvgIpc) is 2.98. The lowest BCUT2D eigenvalue weighted by atomic mass is 10.2. The van der Waals surface area contributed by atoms with Crippen molar-refractivity contribution in [3.63, 3.8) is 0 Å². The molecule has 1 aromatic heterocycles. The minimum absolute atomic E-state index is 0.00480. The van der Waals surface area contributed by atoms with Gasteiger partial charge in [0.05, 0.1) is 30.4 Å². The zero-order valence-electron chi connectivity index (χ0n) is 10.7. The number of furan rings is 1. The molecule has 6 nitrogen and oxygen atoms in total. The van der Waals surface area contributed by atoms with Crippen molar-refractivity contribution in [2.75, 3.05) is 7.11 Å². The molecular formula is C13H13NO5S. The van der Waals surface area contributed by atoms with Gasteiger partial charge in [0.15, 0.2) is 0 Å². The van der Waals surface area contributed by atoms with E-state index in [9.17, 15) is 13.2 Å². The molecule has 0 unspecified atom stereocenters. The number of ether oxygens (including phenoxy) is 1. The second kappa shape index (κ2) is 5.89. The summed E-state index contributed by atoms with van der Waals surface area (Å²) in [5, 5.41) is 0. The number of esters is 1. The average molecular weight is 295 g/mol. The first-order chi connectivity index (χ1) is 9.54. The van der Waals surface area contributed by atoms with E-state index in [1.165, 1.54) is 31.6 Å². The Morgan fingerprint density at radius 1 is 1.25 bits per heavy atom. The van der Waals surface area contributed by atoms with E-state index in [0.29, 0.717) is 5.76 Å². The summed E-state index contributed by atoms with van der Waals surface area (Å²) in [6, 6.07) is 9.15. The zero-order chi connectivity index (χ0) is 14.6. The van der Waals surface area contributed by atoms with Gasteiger partial charge in [0.25, 0.3) is 0 Å². The molecule has 20 heavy (non-hydrogen) atoms. The SMILES string of the molecule is COC(=O)c1ccccc1S(=O)(=O)NCc1ccco1. The van der Waals surface area contributed by atoms with Crippen LogP contribution in [0.4, 0.5) is 0 Å². The molecule has 0 atom stereocenters. The van der Waals surface area contributed by atoms with Gasteiger partial charge in [-0.2, -0.15) is 0 Å². The molecule has 0 radical (unpaired) electrons. The third-order valence-electron chi connectivity index (χ3n) is 2.60. The Morgan fingerprint density at radius 3 is 2.65 bits per heavy atom. The van der Waals surface area contributed by atoms with E-state index in [0.717, 1.165) is 0 Å².